The standard InChI is InChI=1S/C15H18BrNO3/c1-20-14-5-2-9(6-13(14)16)15(19)17-10-3-4-11(17)8-12(18)7-10/h2,5-6,10-12,18H,3-4,7-8H2,1H3. The Hall–Kier alpha value is -1.07. The van der Waals surface area contributed by atoms with Gasteiger partial charge >= 0.3 is 0 Å². The minimum absolute atomic E-state index is 0.0627. The molecule has 0 aromatic heterocycles. The molecule has 2 saturated heterocycles. The molecule has 1 aromatic carbocycles. The summed E-state index contributed by atoms with van der Waals surface area (Å²) in [6.07, 6.45) is 3.17. The third-order valence-corrected chi connectivity index (χ3v) is 4.96. The highest BCUT2D eigenvalue weighted by Crippen LogP contribution is 2.37. The quantitative estimate of drug-likeness (QED) is 0.900. The molecule has 0 spiro atoms. The van der Waals surface area contributed by atoms with Gasteiger partial charge in [-0.25, -0.2) is 0 Å². The van der Waals surface area contributed by atoms with Gasteiger partial charge in [0.1, 0.15) is 5.75 Å². The Bertz CT molecular complexity index is 520. The second kappa shape index (κ2) is 5.37. The predicted molar refractivity (Wildman–Crippen MR) is 78.9 cm³/mol. The van der Waals surface area contributed by atoms with Crippen molar-refractivity contribution in [1.82, 2.24) is 4.90 Å². The first-order valence-electron chi connectivity index (χ1n) is 6.94. The van der Waals surface area contributed by atoms with Crippen molar-refractivity contribution >= 4 is 21.8 Å². The number of nitrogens with zero attached hydrogens (tertiary/aromatic N) is 1. The zero-order valence-electron chi connectivity index (χ0n) is 11.4. The molecule has 2 fully saturated rings. The number of benzene rings is 1. The van der Waals surface area contributed by atoms with Crippen LogP contribution in [0.15, 0.2) is 22.7 Å². The highest BCUT2D eigenvalue weighted by atomic mass is 79.9. The normalized spacial score (nSPS) is 28.6. The third-order valence-electron chi connectivity index (χ3n) is 4.34. The summed E-state index contributed by atoms with van der Waals surface area (Å²) in [7, 11) is 1.61. The number of carbonyl (C=O) groups is 1. The van der Waals surface area contributed by atoms with Crippen LogP contribution >= 0.6 is 15.9 Å². The molecule has 1 N–H and O–H groups in total. The van der Waals surface area contributed by atoms with E-state index in [0.717, 1.165) is 23.1 Å². The van der Waals surface area contributed by atoms with Crippen LogP contribution in [0.2, 0.25) is 0 Å². The number of piperidine rings is 1. The van der Waals surface area contributed by atoms with Crippen LogP contribution in [0.5, 0.6) is 5.75 Å². The van der Waals surface area contributed by atoms with E-state index in [-0.39, 0.29) is 24.1 Å². The van der Waals surface area contributed by atoms with Gasteiger partial charge in [0.05, 0.1) is 17.7 Å². The van der Waals surface area contributed by atoms with Crippen LogP contribution in [0.3, 0.4) is 0 Å². The molecule has 2 aliphatic heterocycles. The van der Waals surface area contributed by atoms with Gasteiger partial charge in [-0.3, -0.25) is 4.79 Å². The summed E-state index contributed by atoms with van der Waals surface area (Å²) in [6, 6.07) is 5.80. The number of rotatable bonds is 2. The Morgan fingerprint density at radius 1 is 1.35 bits per heavy atom. The smallest absolute Gasteiger partial charge is 0.254 e. The molecule has 2 unspecified atom stereocenters. The molecule has 2 heterocycles. The fourth-order valence-corrected chi connectivity index (χ4v) is 3.97. The van der Waals surface area contributed by atoms with E-state index < -0.39 is 0 Å². The fourth-order valence-electron chi connectivity index (χ4n) is 3.43. The number of methoxy groups -OCH3 is 1. The topological polar surface area (TPSA) is 49.8 Å². The van der Waals surface area contributed by atoms with Crippen molar-refractivity contribution in [1.29, 1.82) is 0 Å². The molecular formula is C15H18BrNO3. The first-order chi connectivity index (χ1) is 9.60. The summed E-state index contributed by atoms with van der Waals surface area (Å²) in [5.74, 6) is 0.784. The third kappa shape index (κ3) is 2.33. The van der Waals surface area contributed by atoms with Crippen LogP contribution in [0, 0.1) is 0 Å². The molecular weight excluding hydrogens is 322 g/mol. The molecule has 1 amide bonds. The lowest BCUT2D eigenvalue weighted by Crippen LogP contribution is -2.48. The second-order valence-corrected chi connectivity index (χ2v) is 6.43. The molecule has 3 rings (SSSR count). The monoisotopic (exact) mass is 339 g/mol. The zero-order chi connectivity index (χ0) is 14.3. The van der Waals surface area contributed by atoms with E-state index in [1.54, 1.807) is 19.2 Å². The predicted octanol–water partition coefficient (Wildman–Crippen LogP) is 2.59. The molecule has 1 aromatic rings. The molecule has 20 heavy (non-hydrogen) atoms. The Morgan fingerprint density at radius 2 is 2.00 bits per heavy atom. The lowest BCUT2D eigenvalue weighted by Gasteiger charge is -2.37. The Kier molecular flexibility index (Phi) is 3.73. The van der Waals surface area contributed by atoms with Gasteiger partial charge in [-0.2, -0.15) is 0 Å². The van der Waals surface area contributed by atoms with Gasteiger partial charge in [0.2, 0.25) is 0 Å². The minimum Gasteiger partial charge on any atom is -0.496 e. The number of halogens is 1. The number of aliphatic hydroxyl groups is 1. The molecule has 2 bridgehead atoms. The first-order valence-corrected chi connectivity index (χ1v) is 7.73. The van der Waals surface area contributed by atoms with E-state index in [0.29, 0.717) is 18.4 Å². The molecule has 2 aliphatic rings. The van der Waals surface area contributed by atoms with Gasteiger partial charge in [0.25, 0.3) is 5.91 Å². The maximum atomic E-state index is 12.7. The van der Waals surface area contributed by atoms with E-state index in [9.17, 15) is 9.90 Å². The molecule has 0 radical (unpaired) electrons. The summed E-state index contributed by atoms with van der Waals surface area (Å²) >= 11 is 3.42. The molecule has 2 atom stereocenters. The first kappa shape index (κ1) is 13.9. The van der Waals surface area contributed by atoms with Crippen molar-refractivity contribution in [3.8, 4) is 5.75 Å². The Morgan fingerprint density at radius 3 is 2.55 bits per heavy atom. The average molecular weight is 340 g/mol. The van der Waals surface area contributed by atoms with Crippen molar-refractivity contribution in [2.75, 3.05) is 7.11 Å². The maximum absolute atomic E-state index is 12.7. The van der Waals surface area contributed by atoms with Crippen molar-refractivity contribution in [3.63, 3.8) is 0 Å². The minimum atomic E-state index is -0.251. The fraction of sp³-hybridized carbons (Fsp3) is 0.533. The number of ether oxygens (including phenoxy) is 1. The van der Waals surface area contributed by atoms with Crippen LogP contribution in [0.4, 0.5) is 0 Å². The largest absolute Gasteiger partial charge is 0.496 e. The highest BCUT2D eigenvalue weighted by Gasteiger charge is 2.42. The van der Waals surface area contributed by atoms with Crippen molar-refractivity contribution in [3.05, 3.63) is 28.2 Å². The summed E-state index contributed by atoms with van der Waals surface area (Å²) in [5, 5.41) is 9.81. The maximum Gasteiger partial charge on any atom is 0.254 e. The number of hydrogen-bond acceptors (Lipinski definition) is 3. The van der Waals surface area contributed by atoms with Gasteiger partial charge in [-0.05, 0) is 59.8 Å². The van der Waals surface area contributed by atoms with Crippen molar-refractivity contribution < 1.29 is 14.6 Å². The highest BCUT2D eigenvalue weighted by molar-refractivity contribution is 9.10. The van der Waals surface area contributed by atoms with Crippen LogP contribution in [0.25, 0.3) is 0 Å². The number of carbonyl (C=O) groups excluding carboxylic acids is 1. The van der Waals surface area contributed by atoms with Gasteiger partial charge in [0.15, 0.2) is 0 Å². The van der Waals surface area contributed by atoms with E-state index in [4.69, 9.17) is 4.74 Å². The van der Waals surface area contributed by atoms with E-state index in [2.05, 4.69) is 15.9 Å². The Labute approximate surface area is 126 Å². The number of aliphatic hydroxyl groups excluding tert-OH is 1. The molecule has 0 saturated carbocycles. The second-order valence-electron chi connectivity index (χ2n) is 5.57. The molecule has 4 nitrogen and oxygen atoms in total. The number of fused-ring (bicyclic) bond motifs is 2. The van der Waals surface area contributed by atoms with Crippen LogP contribution in [-0.2, 0) is 0 Å². The average Bonchev–Trinajstić information content (AvgIpc) is 2.70. The Balaban J connectivity index is 1.84. The van der Waals surface area contributed by atoms with Gasteiger partial charge in [0, 0.05) is 17.6 Å². The summed E-state index contributed by atoms with van der Waals surface area (Å²) in [6.45, 7) is 0. The van der Waals surface area contributed by atoms with E-state index in [1.165, 1.54) is 0 Å². The zero-order valence-corrected chi connectivity index (χ0v) is 13.0. The van der Waals surface area contributed by atoms with Crippen molar-refractivity contribution in [2.45, 2.75) is 43.9 Å². The van der Waals surface area contributed by atoms with Gasteiger partial charge in [-0.1, -0.05) is 0 Å². The van der Waals surface area contributed by atoms with E-state index >= 15 is 0 Å². The van der Waals surface area contributed by atoms with Gasteiger partial charge < -0.3 is 14.7 Å². The lowest BCUT2D eigenvalue weighted by atomic mass is 9.98. The van der Waals surface area contributed by atoms with Crippen LogP contribution in [-0.4, -0.2) is 41.2 Å². The van der Waals surface area contributed by atoms with Crippen LogP contribution < -0.4 is 4.74 Å². The summed E-state index contributed by atoms with van der Waals surface area (Å²) in [5.41, 5.74) is 0.672. The lowest BCUT2D eigenvalue weighted by molar-refractivity contribution is 0.0287. The SMILES string of the molecule is COc1ccc(C(=O)N2C3CCC2CC(O)C3)cc1Br. The van der Waals surface area contributed by atoms with Gasteiger partial charge in [-0.15, -0.1) is 0 Å². The molecule has 108 valence electrons. The number of hydrogen-bond donors (Lipinski definition) is 1. The summed E-state index contributed by atoms with van der Waals surface area (Å²) in [4.78, 5) is 14.7. The number of amides is 1. The summed E-state index contributed by atoms with van der Waals surface area (Å²) < 4.78 is 5.98. The molecule has 5 heteroatoms. The van der Waals surface area contributed by atoms with E-state index in [1.807, 2.05) is 11.0 Å². The molecule has 0 aliphatic carbocycles. The van der Waals surface area contributed by atoms with Crippen LogP contribution in [0.1, 0.15) is 36.0 Å². The van der Waals surface area contributed by atoms with Crippen molar-refractivity contribution in [2.24, 2.45) is 0 Å².